The van der Waals surface area contributed by atoms with Crippen LogP contribution in [0.5, 0.6) is 0 Å². The molecule has 0 aromatic carbocycles. The topological polar surface area (TPSA) is 26.3 Å². The van der Waals surface area contributed by atoms with Crippen LogP contribution in [0, 0.1) is 5.92 Å². The van der Waals surface area contributed by atoms with Gasteiger partial charge in [-0.25, -0.2) is 0 Å². The number of hydrogen-bond acceptors (Lipinski definition) is 2. The molecule has 0 saturated heterocycles. The van der Waals surface area contributed by atoms with E-state index in [2.05, 4.69) is 15.9 Å². The standard InChI is InChI=1S/C8H13BrO2/c1-8(2,3)11-7(10)5-4-6(5)9/h5-6H,4H2,1-3H3. The molecule has 11 heavy (non-hydrogen) atoms. The fourth-order valence-electron chi connectivity index (χ4n) is 0.785. The number of carbonyl (C=O) groups is 1. The second-order valence-electron chi connectivity index (χ2n) is 3.89. The maximum atomic E-state index is 11.2. The Bertz CT molecular complexity index is 171. The van der Waals surface area contributed by atoms with Gasteiger partial charge in [-0.1, -0.05) is 15.9 Å². The molecule has 3 heteroatoms. The lowest BCUT2D eigenvalue weighted by Gasteiger charge is -2.19. The number of hydrogen-bond donors (Lipinski definition) is 0. The summed E-state index contributed by atoms with van der Waals surface area (Å²) >= 11 is 3.36. The van der Waals surface area contributed by atoms with Gasteiger partial charge in [0.1, 0.15) is 5.60 Å². The lowest BCUT2D eigenvalue weighted by Crippen LogP contribution is -2.25. The molecular formula is C8H13BrO2. The first-order chi connectivity index (χ1) is 4.90. The molecule has 2 unspecified atom stereocenters. The Labute approximate surface area is 75.4 Å². The van der Waals surface area contributed by atoms with Crippen LogP contribution >= 0.6 is 15.9 Å². The monoisotopic (exact) mass is 220 g/mol. The van der Waals surface area contributed by atoms with Crippen LogP contribution < -0.4 is 0 Å². The zero-order chi connectivity index (χ0) is 8.65. The molecule has 1 saturated carbocycles. The summed E-state index contributed by atoms with van der Waals surface area (Å²) in [5.41, 5.74) is -0.341. The molecule has 2 nitrogen and oxygen atoms in total. The number of halogens is 1. The minimum atomic E-state index is -0.341. The first kappa shape index (κ1) is 9.04. The lowest BCUT2D eigenvalue weighted by molar-refractivity contribution is -0.156. The molecule has 0 aromatic heterocycles. The van der Waals surface area contributed by atoms with Gasteiger partial charge < -0.3 is 4.74 Å². The number of esters is 1. The quantitative estimate of drug-likeness (QED) is 0.500. The largest absolute Gasteiger partial charge is 0.460 e. The summed E-state index contributed by atoms with van der Waals surface area (Å²) in [7, 11) is 0. The lowest BCUT2D eigenvalue weighted by atomic mass is 10.2. The molecule has 1 rings (SSSR count). The maximum Gasteiger partial charge on any atom is 0.310 e. The van der Waals surface area contributed by atoms with Gasteiger partial charge in [0.25, 0.3) is 0 Å². The van der Waals surface area contributed by atoms with Crippen molar-refractivity contribution in [2.75, 3.05) is 0 Å². The third kappa shape index (κ3) is 2.81. The zero-order valence-electron chi connectivity index (χ0n) is 7.06. The van der Waals surface area contributed by atoms with Gasteiger partial charge in [0, 0.05) is 4.83 Å². The van der Waals surface area contributed by atoms with Crippen molar-refractivity contribution in [3.8, 4) is 0 Å². The van der Waals surface area contributed by atoms with Crippen LogP contribution in [0.4, 0.5) is 0 Å². The van der Waals surface area contributed by atoms with Gasteiger partial charge in [-0.05, 0) is 27.2 Å². The number of rotatable bonds is 1. The molecule has 0 aliphatic heterocycles. The van der Waals surface area contributed by atoms with Crippen molar-refractivity contribution in [2.24, 2.45) is 5.92 Å². The molecule has 0 N–H and O–H groups in total. The first-order valence-corrected chi connectivity index (χ1v) is 4.68. The van der Waals surface area contributed by atoms with Gasteiger partial charge in [0.15, 0.2) is 0 Å². The molecule has 0 heterocycles. The Morgan fingerprint density at radius 2 is 2.00 bits per heavy atom. The molecule has 0 amide bonds. The van der Waals surface area contributed by atoms with E-state index in [1.165, 1.54) is 0 Å². The fourth-order valence-corrected chi connectivity index (χ4v) is 1.40. The average molecular weight is 221 g/mol. The highest BCUT2D eigenvalue weighted by Gasteiger charge is 2.43. The van der Waals surface area contributed by atoms with Crippen molar-refractivity contribution < 1.29 is 9.53 Å². The minimum absolute atomic E-state index is 0.0700. The van der Waals surface area contributed by atoms with Crippen LogP contribution in [0.25, 0.3) is 0 Å². The van der Waals surface area contributed by atoms with Crippen molar-refractivity contribution >= 4 is 21.9 Å². The third-order valence-electron chi connectivity index (χ3n) is 1.42. The number of carbonyl (C=O) groups excluding carboxylic acids is 1. The summed E-state index contributed by atoms with van der Waals surface area (Å²) in [6.45, 7) is 5.66. The van der Waals surface area contributed by atoms with Crippen LogP contribution in [-0.4, -0.2) is 16.4 Å². The van der Waals surface area contributed by atoms with E-state index in [1.807, 2.05) is 20.8 Å². The molecule has 0 radical (unpaired) electrons. The molecule has 1 aliphatic rings. The number of alkyl halides is 1. The Morgan fingerprint density at radius 3 is 2.27 bits per heavy atom. The predicted molar refractivity (Wildman–Crippen MR) is 46.7 cm³/mol. The maximum absolute atomic E-state index is 11.2. The van der Waals surface area contributed by atoms with E-state index < -0.39 is 0 Å². The molecule has 0 bridgehead atoms. The van der Waals surface area contributed by atoms with Gasteiger partial charge >= 0.3 is 5.97 Å². The summed E-state index contributed by atoms with van der Waals surface area (Å²) in [6.07, 6.45) is 0.926. The molecule has 0 aromatic rings. The summed E-state index contributed by atoms with van der Waals surface area (Å²) in [5, 5.41) is 0. The highest BCUT2D eigenvalue weighted by atomic mass is 79.9. The van der Waals surface area contributed by atoms with E-state index >= 15 is 0 Å². The molecule has 2 atom stereocenters. The van der Waals surface area contributed by atoms with Crippen LogP contribution in [0.3, 0.4) is 0 Å². The highest BCUT2D eigenvalue weighted by Crippen LogP contribution is 2.39. The van der Waals surface area contributed by atoms with Crippen molar-refractivity contribution in [1.82, 2.24) is 0 Å². The van der Waals surface area contributed by atoms with Crippen molar-refractivity contribution in [3.05, 3.63) is 0 Å². The summed E-state index contributed by atoms with van der Waals surface area (Å²) in [4.78, 5) is 11.5. The second kappa shape index (κ2) is 2.77. The highest BCUT2D eigenvalue weighted by molar-refractivity contribution is 9.09. The Balaban J connectivity index is 2.33. The van der Waals surface area contributed by atoms with Crippen molar-refractivity contribution in [2.45, 2.75) is 37.6 Å². The summed E-state index contributed by atoms with van der Waals surface area (Å²) in [6, 6.07) is 0. The van der Waals surface area contributed by atoms with Crippen LogP contribution in [0.2, 0.25) is 0 Å². The minimum Gasteiger partial charge on any atom is -0.460 e. The smallest absolute Gasteiger partial charge is 0.310 e. The molecule has 0 spiro atoms. The SMILES string of the molecule is CC(C)(C)OC(=O)C1CC1Br. The third-order valence-corrected chi connectivity index (χ3v) is 2.43. The van der Waals surface area contributed by atoms with Gasteiger partial charge in [-0.2, -0.15) is 0 Å². The Morgan fingerprint density at radius 1 is 1.55 bits per heavy atom. The zero-order valence-corrected chi connectivity index (χ0v) is 8.64. The fraction of sp³-hybridized carbons (Fsp3) is 0.875. The van der Waals surface area contributed by atoms with Crippen LogP contribution in [0.1, 0.15) is 27.2 Å². The van der Waals surface area contributed by atoms with Gasteiger partial charge in [0.05, 0.1) is 5.92 Å². The average Bonchev–Trinajstić information content (AvgIpc) is 2.41. The molecule has 64 valence electrons. The molecular weight excluding hydrogens is 208 g/mol. The van der Waals surface area contributed by atoms with Crippen LogP contribution in [-0.2, 0) is 9.53 Å². The van der Waals surface area contributed by atoms with E-state index in [4.69, 9.17) is 4.74 Å². The van der Waals surface area contributed by atoms with Crippen molar-refractivity contribution in [1.29, 1.82) is 0 Å². The van der Waals surface area contributed by atoms with E-state index in [1.54, 1.807) is 0 Å². The Kier molecular flexibility index (Phi) is 2.28. The van der Waals surface area contributed by atoms with E-state index in [-0.39, 0.29) is 17.5 Å². The van der Waals surface area contributed by atoms with Gasteiger partial charge in [-0.15, -0.1) is 0 Å². The summed E-state index contributed by atoms with van der Waals surface area (Å²) < 4.78 is 5.16. The number of ether oxygens (including phenoxy) is 1. The second-order valence-corrected chi connectivity index (χ2v) is 5.07. The normalized spacial score (nSPS) is 29.8. The van der Waals surface area contributed by atoms with Gasteiger partial charge in [-0.3, -0.25) is 4.79 Å². The Hall–Kier alpha value is -0.0500. The first-order valence-electron chi connectivity index (χ1n) is 3.77. The van der Waals surface area contributed by atoms with E-state index in [0.29, 0.717) is 4.83 Å². The summed E-state index contributed by atoms with van der Waals surface area (Å²) in [5.74, 6) is 0.0357. The molecule has 1 aliphatic carbocycles. The molecule has 1 fully saturated rings. The van der Waals surface area contributed by atoms with E-state index in [0.717, 1.165) is 6.42 Å². The van der Waals surface area contributed by atoms with Crippen molar-refractivity contribution in [3.63, 3.8) is 0 Å². The van der Waals surface area contributed by atoms with Crippen LogP contribution in [0.15, 0.2) is 0 Å². The predicted octanol–water partition coefficient (Wildman–Crippen LogP) is 2.11. The van der Waals surface area contributed by atoms with Gasteiger partial charge in [0.2, 0.25) is 0 Å². The van der Waals surface area contributed by atoms with E-state index in [9.17, 15) is 4.79 Å².